The van der Waals surface area contributed by atoms with Gasteiger partial charge in [0, 0.05) is 18.3 Å². The van der Waals surface area contributed by atoms with Crippen LogP contribution in [0.15, 0.2) is 42.5 Å². The number of hydrogen-bond donors (Lipinski definition) is 1. The number of para-hydroxylation sites is 1. The summed E-state index contributed by atoms with van der Waals surface area (Å²) in [4.78, 5) is 11.8. The molecule has 0 saturated carbocycles. The van der Waals surface area contributed by atoms with Gasteiger partial charge in [0.25, 0.3) is 0 Å². The van der Waals surface area contributed by atoms with Gasteiger partial charge in [-0.25, -0.2) is 13.6 Å². The Kier molecular flexibility index (Phi) is 4.87. The summed E-state index contributed by atoms with van der Waals surface area (Å²) in [6, 6.07) is 10.1. The summed E-state index contributed by atoms with van der Waals surface area (Å²) in [6.45, 7) is 2.21. The van der Waals surface area contributed by atoms with Crippen LogP contribution in [0.25, 0.3) is 0 Å². The number of carbonyl (C=O) groups is 1. The van der Waals surface area contributed by atoms with Crippen LogP contribution in [0.3, 0.4) is 0 Å². The lowest BCUT2D eigenvalue weighted by Crippen LogP contribution is -2.10. The van der Waals surface area contributed by atoms with E-state index in [9.17, 15) is 13.6 Å². The SMILES string of the molecule is CCOC(=O)c1ccccc1NCc1cc(F)cc(F)c1. The Labute approximate surface area is 121 Å². The van der Waals surface area contributed by atoms with Crippen LogP contribution in [0, 0.1) is 11.6 Å². The zero-order chi connectivity index (χ0) is 15.2. The predicted molar refractivity (Wildman–Crippen MR) is 76.1 cm³/mol. The second-order valence-corrected chi connectivity index (χ2v) is 4.40. The van der Waals surface area contributed by atoms with E-state index in [1.165, 1.54) is 12.1 Å². The van der Waals surface area contributed by atoms with Gasteiger partial charge in [0.05, 0.1) is 12.2 Å². The van der Waals surface area contributed by atoms with Crippen molar-refractivity contribution in [2.24, 2.45) is 0 Å². The molecule has 0 aliphatic carbocycles. The Balaban J connectivity index is 2.14. The number of hydrogen-bond acceptors (Lipinski definition) is 3. The molecule has 1 N–H and O–H groups in total. The first-order valence-corrected chi connectivity index (χ1v) is 6.55. The summed E-state index contributed by atoms with van der Waals surface area (Å²) in [5.41, 5.74) is 1.39. The van der Waals surface area contributed by atoms with Crippen LogP contribution in [0.1, 0.15) is 22.8 Å². The maximum atomic E-state index is 13.1. The van der Waals surface area contributed by atoms with Gasteiger partial charge < -0.3 is 10.1 Å². The van der Waals surface area contributed by atoms with Crippen LogP contribution >= 0.6 is 0 Å². The number of anilines is 1. The van der Waals surface area contributed by atoms with Gasteiger partial charge in [-0.05, 0) is 36.8 Å². The molecule has 21 heavy (non-hydrogen) atoms. The third kappa shape index (κ3) is 4.02. The highest BCUT2D eigenvalue weighted by Crippen LogP contribution is 2.18. The third-order valence-corrected chi connectivity index (χ3v) is 2.83. The summed E-state index contributed by atoms with van der Waals surface area (Å²) in [5.74, 6) is -1.71. The molecular formula is C16H15F2NO2. The van der Waals surface area contributed by atoms with Crippen molar-refractivity contribution in [3.05, 3.63) is 65.2 Å². The van der Waals surface area contributed by atoms with Crippen molar-refractivity contribution in [2.75, 3.05) is 11.9 Å². The van der Waals surface area contributed by atoms with Crippen LogP contribution in [0.5, 0.6) is 0 Å². The van der Waals surface area contributed by atoms with Gasteiger partial charge >= 0.3 is 5.97 Å². The number of halogens is 2. The Bertz CT molecular complexity index is 624. The van der Waals surface area contributed by atoms with E-state index >= 15 is 0 Å². The van der Waals surface area contributed by atoms with E-state index in [0.29, 0.717) is 16.8 Å². The van der Waals surface area contributed by atoms with E-state index in [1.807, 2.05) is 0 Å². The molecule has 2 aromatic carbocycles. The van der Waals surface area contributed by atoms with E-state index in [0.717, 1.165) is 6.07 Å². The van der Waals surface area contributed by atoms with Crippen molar-refractivity contribution in [2.45, 2.75) is 13.5 Å². The zero-order valence-corrected chi connectivity index (χ0v) is 11.5. The molecule has 0 atom stereocenters. The van der Waals surface area contributed by atoms with Crippen molar-refractivity contribution >= 4 is 11.7 Å². The minimum atomic E-state index is -0.634. The lowest BCUT2D eigenvalue weighted by Gasteiger charge is -2.11. The van der Waals surface area contributed by atoms with Crippen LogP contribution in [-0.4, -0.2) is 12.6 Å². The summed E-state index contributed by atoms with van der Waals surface area (Å²) < 4.78 is 31.2. The second kappa shape index (κ2) is 6.83. The highest BCUT2D eigenvalue weighted by Gasteiger charge is 2.11. The number of benzene rings is 2. The molecule has 2 rings (SSSR count). The first kappa shape index (κ1) is 15.0. The lowest BCUT2D eigenvalue weighted by molar-refractivity contribution is 0.0527. The molecule has 0 amide bonds. The molecule has 5 heteroatoms. The monoisotopic (exact) mass is 291 g/mol. The first-order chi connectivity index (χ1) is 10.1. The van der Waals surface area contributed by atoms with Gasteiger partial charge in [-0.2, -0.15) is 0 Å². The Morgan fingerprint density at radius 1 is 1.14 bits per heavy atom. The van der Waals surface area contributed by atoms with E-state index in [-0.39, 0.29) is 13.2 Å². The van der Waals surface area contributed by atoms with E-state index in [1.54, 1.807) is 31.2 Å². The molecule has 0 aliphatic heterocycles. The fraction of sp³-hybridized carbons (Fsp3) is 0.188. The van der Waals surface area contributed by atoms with Crippen LogP contribution in [-0.2, 0) is 11.3 Å². The van der Waals surface area contributed by atoms with E-state index in [4.69, 9.17) is 4.74 Å². The van der Waals surface area contributed by atoms with E-state index in [2.05, 4.69) is 5.32 Å². The fourth-order valence-corrected chi connectivity index (χ4v) is 1.93. The molecule has 0 aromatic heterocycles. The number of carbonyl (C=O) groups excluding carboxylic acids is 1. The van der Waals surface area contributed by atoms with Gasteiger partial charge in [0.15, 0.2) is 0 Å². The summed E-state index contributed by atoms with van der Waals surface area (Å²) in [6.07, 6.45) is 0. The van der Waals surface area contributed by atoms with Crippen LogP contribution in [0.2, 0.25) is 0 Å². The average Bonchev–Trinajstić information content (AvgIpc) is 2.45. The minimum Gasteiger partial charge on any atom is -0.462 e. The van der Waals surface area contributed by atoms with Crippen molar-refractivity contribution < 1.29 is 18.3 Å². The third-order valence-electron chi connectivity index (χ3n) is 2.83. The Morgan fingerprint density at radius 3 is 2.48 bits per heavy atom. The molecule has 0 unspecified atom stereocenters. The molecule has 3 nitrogen and oxygen atoms in total. The largest absolute Gasteiger partial charge is 0.462 e. The molecule has 0 heterocycles. The highest BCUT2D eigenvalue weighted by molar-refractivity contribution is 5.95. The van der Waals surface area contributed by atoms with Gasteiger partial charge in [-0.3, -0.25) is 0 Å². The molecule has 0 fully saturated rings. The highest BCUT2D eigenvalue weighted by atomic mass is 19.1. The molecule has 0 radical (unpaired) electrons. The molecule has 0 saturated heterocycles. The summed E-state index contributed by atoms with van der Waals surface area (Å²) in [7, 11) is 0. The Hall–Kier alpha value is -2.43. The number of nitrogens with one attached hydrogen (secondary N) is 1. The van der Waals surface area contributed by atoms with Crippen LogP contribution in [0.4, 0.5) is 14.5 Å². The minimum absolute atomic E-state index is 0.200. The molecule has 2 aromatic rings. The van der Waals surface area contributed by atoms with Crippen LogP contribution < -0.4 is 5.32 Å². The number of ether oxygens (including phenoxy) is 1. The Morgan fingerprint density at radius 2 is 1.81 bits per heavy atom. The van der Waals surface area contributed by atoms with Gasteiger partial charge in [0.2, 0.25) is 0 Å². The van der Waals surface area contributed by atoms with Crippen molar-refractivity contribution in [1.82, 2.24) is 0 Å². The molecular weight excluding hydrogens is 276 g/mol. The molecule has 0 aliphatic rings. The average molecular weight is 291 g/mol. The first-order valence-electron chi connectivity index (χ1n) is 6.55. The predicted octanol–water partition coefficient (Wildman–Crippen LogP) is 3.75. The van der Waals surface area contributed by atoms with Gasteiger partial charge in [-0.1, -0.05) is 12.1 Å². The fourth-order valence-electron chi connectivity index (χ4n) is 1.93. The van der Waals surface area contributed by atoms with E-state index < -0.39 is 17.6 Å². The number of rotatable bonds is 5. The van der Waals surface area contributed by atoms with Crippen molar-refractivity contribution in [3.8, 4) is 0 Å². The van der Waals surface area contributed by atoms with Crippen molar-refractivity contribution in [3.63, 3.8) is 0 Å². The van der Waals surface area contributed by atoms with Crippen molar-refractivity contribution in [1.29, 1.82) is 0 Å². The normalized spacial score (nSPS) is 10.2. The quantitative estimate of drug-likeness (QED) is 0.853. The zero-order valence-electron chi connectivity index (χ0n) is 11.5. The molecule has 0 bridgehead atoms. The maximum absolute atomic E-state index is 13.1. The smallest absolute Gasteiger partial charge is 0.340 e. The standard InChI is InChI=1S/C16H15F2NO2/c1-2-21-16(20)14-5-3-4-6-15(14)19-10-11-7-12(17)9-13(18)8-11/h3-9,19H,2,10H2,1H3. The van der Waals surface area contributed by atoms with Gasteiger partial charge in [-0.15, -0.1) is 0 Å². The topological polar surface area (TPSA) is 38.3 Å². The summed E-state index contributed by atoms with van der Waals surface area (Å²) in [5, 5.41) is 2.99. The summed E-state index contributed by atoms with van der Waals surface area (Å²) >= 11 is 0. The second-order valence-electron chi connectivity index (χ2n) is 4.40. The van der Waals surface area contributed by atoms with Gasteiger partial charge in [0.1, 0.15) is 11.6 Å². The molecule has 0 spiro atoms. The molecule has 110 valence electrons. The maximum Gasteiger partial charge on any atom is 0.340 e. The lowest BCUT2D eigenvalue weighted by atomic mass is 10.1. The number of esters is 1.